The SMILES string of the molecule is COC(=O)c1ccc(OCc2ccc(C(=O)Nc3nc(-c4ccc(OC(F)F)cc4)cs3)o2)cc1. The summed E-state index contributed by atoms with van der Waals surface area (Å²) < 4.78 is 44.7. The maximum Gasteiger partial charge on any atom is 0.387 e. The molecule has 4 rings (SSSR count). The topological polar surface area (TPSA) is 99.9 Å². The molecule has 2 heterocycles. The number of rotatable bonds is 9. The predicted octanol–water partition coefficient (Wildman–Crippen LogP) is 5.62. The lowest BCUT2D eigenvalue weighted by molar-refractivity contribution is -0.0498. The number of alkyl halides is 2. The second-order valence-electron chi connectivity index (χ2n) is 6.97. The molecule has 0 aliphatic rings. The number of amides is 1. The number of carbonyl (C=O) groups excluding carboxylic acids is 2. The first-order valence-corrected chi connectivity index (χ1v) is 11.0. The first kappa shape index (κ1) is 23.9. The molecule has 0 radical (unpaired) electrons. The third kappa shape index (κ3) is 6.21. The second kappa shape index (κ2) is 10.8. The number of thiazole rings is 1. The Kier molecular flexibility index (Phi) is 7.36. The highest BCUT2D eigenvalue weighted by atomic mass is 32.1. The van der Waals surface area contributed by atoms with E-state index in [4.69, 9.17) is 9.15 Å². The van der Waals surface area contributed by atoms with Crippen LogP contribution in [0.25, 0.3) is 11.3 Å². The van der Waals surface area contributed by atoms with E-state index in [1.807, 2.05) is 0 Å². The Balaban J connectivity index is 1.32. The predicted molar refractivity (Wildman–Crippen MR) is 123 cm³/mol. The second-order valence-corrected chi connectivity index (χ2v) is 7.82. The van der Waals surface area contributed by atoms with Crippen molar-refractivity contribution in [3.63, 3.8) is 0 Å². The molecule has 4 aromatic rings. The maximum atomic E-state index is 12.5. The molecule has 11 heteroatoms. The van der Waals surface area contributed by atoms with Crippen molar-refractivity contribution in [2.24, 2.45) is 0 Å². The van der Waals surface area contributed by atoms with Crippen LogP contribution in [0.5, 0.6) is 11.5 Å². The van der Waals surface area contributed by atoms with Crippen molar-refractivity contribution in [3.8, 4) is 22.8 Å². The zero-order valence-electron chi connectivity index (χ0n) is 18.2. The van der Waals surface area contributed by atoms with Gasteiger partial charge < -0.3 is 18.6 Å². The van der Waals surface area contributed by atoms with Crippen LogP contribution in [0.2, 0.25) is 0 Å². The molecular formula is C24H18F2N2O6S. The molecule has 0 bridgehead atoms. The van der Waals surface area contributed by atoms with Crippen LogP contribution in [0.4, 0.5) is 13.9 Å². The molecule has 0 saturated heterocycles. The first-order chi connectivity index (χ1) is 16.9. The number of anilines is 1. The van der Waals surface area contributed by atoms with Gasteiger partial charge >= 0.3 is 12.6 Å². The number of benzene rings is 2. The highest BCUT2D eigenvalue weighted by Crippen LogP contribution is 2.27. The van der Waals surface area contributed by atoms with Gasteiger partial charge in [0.1, 0.15) is 23.9 Å². The minimum atomic E-state index is -2.89. The Hall–Kier alpha value is -4.25. The minimum Gasteiger partial charge on any atom is -0.486 e. The van der Waals surface area contributed by atoms with Crippen LogP contribution in [0, 0.1) is 0 Å². The molecule has 2 aromatic heterocycles. The smallest absolute Gasteiger partial charge is 0.387 e. The van der Waals surface area contributed by atoms with Crippen LogP contribution in [0.1, 0.15) is 26.7 Å². The summed E-state index contributed by atoms with van der Waals surface area (Å²) in [7, 11) is 1.31. The van der Waals surface area contributed by atoms with Gasteiger partial charge in [-0.1, -0.05) is 0 Å². The molecule has 0 spiro atoms. The largest absolute Gasteiger partial charge is 0.486 e. The molecule has 180 valence electrons. The fraction of sp³-hybridized carbons (Fsp3) is 0.125. The van der Waals surface area contributed by atoms with Gasteiger partial charge in [-0.3, -0.25) is 10.1 Å². The van der Waals surface area contributed by atoms with Gasteiger partial charge in [-0.25, -0.2) is 9.78 Å². The molecule has 1 amide bonds. The Bertz CT molecular complexity index is 1300. The van der Waals surface area contributed by atoms with Crippen molar-refractivity contribution >= 4 is 28.3 Å². The lowest BCUT2D eigenvalue weighted by atomic mass is 10.2. The number of nitrogens with one attached hydrogen (secondary N) is 1. The quantitative estimate of drug-likeness (QED) is 0.298. The van der Waals surface area contributed by atoms with Crippen molar-refractivity contribution in [1.82, 2.24) is 4.98 Å². The van der Waals surface area contributed by atoms with E-state index in [2.05, 4.69) is 19.8 Å². The number of halogens is 2. The molecule has 0 fully saturated rings. The van der Waals surface area contributed by atoms with E-state index >= 15 is 0 Å². The average molecular weight is 500 g/mol. The summed E-state index contributed by atoms with van der Waals surface area (Å²) in [5.74, 6) is 0.142. The number of nitrogens with zero attached hydrogens (tertiary/aromatic N) is 1. The molecule has 0 atom stereocenters. The molecule has 0 unspecified atom stereocenters. The fourth-order valence-corrected chi connectivity index (χ4v) is 3.68. The summed E-state index contributed by atoms with van der Waals surface area (Å²) in [6.45, 7) is -2.81. The van der Waals surface area contributed by atoms with E-state index in [9.17, 15) is 18.4 Å². The number of methoxy groups -OCH3 is 1. The van der Waals surface area contributed by atoms with Gasteiger partial charge in [0, 0.05) is 10.9 Å². The molecule has 2 aromatic carbocycles. The van der Waals surface area contributed by atoms with Crippen LogP contribution in [-0.4, -0.2) is 30.6 Å². The molecular weight excluding hydrogens is 482 g/mol. The van der Waals surface area contributed by atoms with Crippen molar-refractivity contribution in [3.05, 3.63) is 83.1 Å². The van der Waals surface area contributed by atoms with Gasteiger partial charge in [0.25, 0.3) is 5.91 Å². The number of ether oxygens (including phenoxy) is 3. The number of aromatic nitrogens is 1. The van der Waals surface area contributed by atoms with Crippen molar-refractivity contribution in [2.75, 3.05) is 12.4 Å². The molecule has 1 N–H and O–H groups in total. The highest BCUT2D eigenvalue weighted by Gasteiger charge is 2.15. The van der Waals surface area contributed by atoms with Crippen molar-refractivity contribution in [1.29, 1.82) is 0 Å². The lowest BCUT2D eigenvalue weighted by Gasteiger charge is -2.05. The first-order valence-electron chi connectivity index (χ1n) is 10.1. The Morgan fingerprint density at radius 1 is 1.03 bits per heavy atom. The van der Waals surface area contributed by atoms with Crippen molar-refractivity contribution in [2.45, 2.75) is 13.2 Å². The van der Waals surface area contributed by atoms with Gasteiger partial charge in [0.05, 0.1) is 18.4 Å². The van der Waals surface area contributed by atoms with Crippen LogP contribution < -0.4 is 14.8 Å². The molecule has 8 nitrogen and oxygen atoms in total. The van der Waals surface area contributed by atoms with E-state index < -0.39 is 18.5 Å². The van der Waals surface area contributed by atoms with Gasteiger partial charge in [0.15, 0.2) is 10.9 Å². The Labute approximate surface area is 202 Å². The normalized spacial score (nSPS) is 10.7. The van der Waals surface area contributed by atoms with E-state index in [1.165, 1.54) is 36.6 Å². The minimum absolute atomic E-state index is 0.0447. The molecule has 0 aliphatic carbocycles. The number of hydrogen-bond acceptors (Lipinski definition) is 8. The zero-order chi connectivity index (χ0) is 24.8. The van der Waals surface area contributed by atoms with Crippen LogP contribution in [0.3, 0.4) is 0 Å². The summed E-state index contributed by atoms with van der Waals surface area (Å²) >= 11 is 1.21. The molecule has 0 saturated carbocycles. The van der Waals surface area contributed by atoms with Gasteiger partial charge in [-0.15, -0.1) is 11.3 Å². The number of furan rings is 1. The van der Waals surface area contributed by atoms with Crippen molar-refractivity contribution < 1.29 is 37.0 Å². The highest BCUT2D eigenvalue weighted by molar-refractivity contribution is 7.14. The maximum absolute atomic E-state index is 12.5. The Morgan fingerprint density at radius 2 is 1.74 bits per heavy atom. The van der Waals surface area contributed by atoms with Gasteiger partial charge in [0.2, 0.25) is 0 Å². The monoisotopic (exact) mass is 500 g/mol. The van der Waals surface area contributed by atoms with E-state index in [-0.39, 0.29) is 18.1 Å². The van der Waals surface area contributed by atoms with Gasteiger partial charge in [-0.05, 0) is 60.7 Å². The van der Waals surface area contributed by atoms with E-state index in [1.54, 1.807) is 47.8 Å². The number of hydrogen-bond donors (Lipinski definition) is 1. The van der Waals surface area contributed by atoms with Crippen LogP contribution in [-0.2, 0) is 11.3 Å². The summed E-state index contributed by atoms with van der Waals surface area (Å²) in [6, 6.07) is 15.6. The third-order valence-corrected chi connectivity index (χ3v) is 5.40. The van der Waals surface area contributed by atoms with E-state index in [0.29, 0.717) is 33.5 Å². The molecule has 0 aliphatic heterocycles. The standard InChI is InChI=1S/C24H18F2N2O6S/c1-31-22(30)15-4-6-16(7-5-15)32-12-18-10-11-20(33-18)21(29)28-24-27-19(13-35-24)14-2-8-17(9-3-14)34-23(25)26/h2-11,13,23H,12H2,1H3,(H,27,28,29). The summed E-state index contributed by atoms with van der Waals surface area (Å²) in [6.07, 6.45) is 0. The van der Waals surface area contributed by atoms with Crippen LogP contribution in [0.15, 0.2) is 70.5 Å². The summed E-state index contributed by atoms with van der Waals surface area (Å²) in [5.41, 5.74) is 1.65. The summed E-state index contributed by atoms with van der Waals surface area (Å²) in [4.78, 5) is 28.3. The number of carbonyl (C=O) groups is 2. The Morgan fingerprint density at radius 3 is 2.43 bits per heavy atom. The summed E-state index contributed by atoms with van der Waals surface area (Å²) in [5, 5.41) is 4.73. The van der Waals surface area contributed by atoms with E-state index in [0.717, 1.165) is 0 Å². The van der Waals surface area contributed by atoms with Crippen LogP contribution >= 0.6 is 11.3 Å². The molecule has 35 heavy (non-hydrogen) atoms. The lowest BCUT2D eigenvalue weighted by Crippen LogP contribution is -2.10. The fourth-order valence-electron chi connectivity index (χ4n) is 2.97. The average Bonchev–Trinajstić information content (AvgIpc) is 3.53. The van der Waals surface area contributed by atoms with Gasteiger partial charge in [-0.2, -0.15) is 8.78 Å². The third-order valence-electron chi connectivity index (χ3n) is 4.64. The zero-order valence-corrected chi connectivity index (χ0v) is 19.0. The number of esters is 1.